The number of fused-ring (bicyclic) bond motifs is 1. The zero-order chi connectivity index (χ0) is 21.6. The summed E-state index contributed by atoms with van der Waals surface area (Å²) >= 11 is 1.72. The number of hydrogen-bond donors (Lipinski definition) is 1. The number of sulfonamides is 1. The van der Waals surface area contributed by atoms with Gasteiger partial charge in [-0.15, -0.1) is 0 Å². The van der Waals surface area contributed by atoms with Crippen LogP contribution in [0.15, 0.2) is 42.5 Å². The molecule has 1 N–H and O–H groups in total. The van der Waals surface area contributed by atoms with Crippen molar-refractivity contribution in [3.05, 3.63) is 53.6 Å². The highest BCUT2D eigenvalue weighted by molar-refractivity contribution is 7.98. The molecule has 2 aromatic carbocycles. The van der Waals surface area contributed by atoms with E-state index in [2.05, 4.69) is 36.5 Å². The summed E-state index contributed by atoms with van der Waals surface area (Å²) in [5.41, 5.74) is 2.84. The SMILES string of the molecule is CCS(=O)(=O)N(CC(=O)NCCSCc1ccc(C)cc1)c1ccc2c(c1)OCO2. The average molecular weight is 451 g/mol. The smallest absolute Gasteiger partial charge is 0.240 e. The first-order valence-electron chi connectivity index (χ1n) is 9.69. The molecule has 0 aliphatic carbocycles. The minimum Gasteiger partial charge on any atom is -0.454 e. The van der Waals surface area contributed by atoms with Crippen LogP contribution in [0, 0.1) is 6.92 Å². The van der Waals surface area contributed by atoms with Gasteiger partial charge >= 0.3 is 0 Å². The largest absolute Gasteiger partial charge is 0.454 e. The molecule has 0 bridgehead atoms. The quantitative estimate of drug-likeness (QED) is 0.560. The van der Waals surface area contributed by atoms with E-state index in [1.54, 1.807) is 36.9 Å². The van der Waals surface area contributed by atoms with E-state index < -0.39 is 10.0 Å². The first-order valence-corrected chi connectivity index (χ1v) is 12.5. The molecule has 1 heterocycles. The molecule has 30 heavy (non-hydrogen) atoms. The Kier molecular flexibility index (Phi) is 7.49. The second kappa shape index (κ2) is 10.1. The van der Waals surface area contributed by atoms with E-state index in [0.29, 0.717) is 23.7 Å². The van der Waals surface area contributed by atoms with Crippen molar-refractivity contribution in [2.45, 2.75) is 19.6 Å². The third-order valence-corrected chi connectivity index (χ3v) is 7.36. The van der Waals surface area contributed by atoms with Gasteiger partial charge in [-0.05, 0) is 31.5 Å². The predicted octanol–water partition coefficient (Wildman–Crippen LogP) is 2.93. The van der Waals surface area contributed by atoms with Crippen molar-refractivity contribution in [1.82, 2.24) is 5.32 Å². The van der Waals surface area contributed by atoms with Crippen LogP contribution in [0.2, 0.25) is 0 Å². The van der Waals surface area contributed by atoms with Gasteiger partial charge in [0, 0.05) is 24.1 Å². The Labute approximate surface area is 181 Å². The highest BCUT2D eigenvalue weighted by Gasteiger charge is 2.25. The number of anilines is 1. The van der Waals surface area contributed by atoms with Crippen LogP contribution in [0.4, 0.5) is 5.69 Å². The molecule has 0 saturated heterocycles. The van der Waals surface area contributed by atoms with Gasteiger partial charge in [0.05, 0.1) is 11.4 Å². The lowest BCUT2D eigenvalue weighted by molar-refractivity contribution is -0.119. The Bertz CT molecular complexity index is 977. The van der Waals surface area contributed by atoms with E-state index in [1.807, 2.05) is 0 Å². The molecule has 1 amide bonds. The highest BCUT2D eigenvalue weighted by Crippen LogP contribution is 2.36. The Balaban J connectivity index is 1.53. The van der Waals surface area contributed by atoms with E-state index in [9.17, 15) is 13.2 Å². The summed E-state index contributed by atoms with van der Waals surface area (Å²) in [5, 5.41) is 2.80. The number of amides is 1. The van der Waals surface area contributed by atoms with Crippen LogP contribution in [0.5, 0.6) is 11.5 Å². The molecular weight excluding hydrogens is 424 g/mol. The number of ether oxygens (including phenoxy) is 2. The van der Waals surface area contributed by atoms with Crippen molar-refractivity contribution >= 4 is 33.4 Å². The van der Waals surface area contributed by atoms with E-state index in [1.165, 1.54) is 11.1 Å². The number of nitrogens with zero attached hydrogens (tertiary/aromatic N) is 1. The number of benzene rings is 2. The minimum absolute atomic E-state index is 0.0973. The van der Waals surface area contributed by atoms with Crippen molar-refractivity contribution in [3.63, 3.8) is 0 Å². The molecule has 0 fully saturated rings. The molecule has 7 nitrogen and oxygen atoms in total. The summed E-state index contributed by atoms with van der Waals surface area (Å²) in [6.07, 6.45) is 0. The van der Waals surface area contributed by atoms with E-state index in [-0.39, 0.29) is 25.0 Å². The molecule has 0 unspecified atom stereocenters. The van der Waals surface area contributed by atoms with Crippen molar-refractivity contribution in [2.75, 3.05) is 35.7 Å². The maximum absolute atomic E-state index is 12.6. The summed E-state index contributed by atoms with van der Waals surface area (Å²) in [4.78, 5) is 12.4. The minimum atomic E-state index is -3.63. The average Bonchev–Trinajstić information content (AvgIpc) is 3.21. The molecule has 1 aliphatic rings. The van der Waals surface area contributed by atoms with Gasteiger partial charge in [0.1, 0.15) is 6.54 Å². The van der Waals surface area contributed by atoms with Gasteiger partial charge in [0.2, 0.25) is 22.7 Å². The summed E-state index contributed by atoms with van der Waals surface area (Å²) in [7, 11) is -3.63. The number of rotatable bonds is 10. The summed E-state index contributed by atoms with van der Waals surface area (Å²) < 4.78 is 36.8. The van der Waals surface area contributed by atoms with E-state index in [0.717, 1.165) is 15.8 Å². The van der Waals surface area contributed by atoms with E-state index in [4.69, 9.17) is 9.47 Å². The number of hydrogen-bond acceptors (Lipinski definition) is 6. The number of nitrogens with one attached hydrogen (secondary N) is 1. The molecule has 1 aliphatic heterocycles. The van der Waals surface area contributed by atoms with Gasteiger partial charge in [-0.3, -0.25) is 9.10 Å². The lowest BCUT2D eigenvalue weighted by Gasteiger charge is -2.23. The Morgan fingerprint density at radius 3 is 2.60 bits per heavy atom. The van der Waals surface area contributed by atoms with Crippen molar-refractivity contribution in [3.8, 4) is 11.5 Å². The molecule has 9 heteroatoms. The number of aryl methyl sites for hydroxylation is 1. The van der Waals surface area contributed by atoms with Crippen LogP contribution >= 0.6 is 11.8 Å². The lowest BCUT2D eigenvalue weighted by Crippen LogP contribution is -2.42. The molecule has 0 spiro atoms. The fourth-order valence-corrected chi connectivity index (χ4v) is 4.75. The molecule has 0 aromatic heterocycles. The fraction of sp³-hybridized carbons (Fsp3) is 0.381. The van der Waals surface area contributed by atoms with Crippen molar-refractivity contribution in [2.24, 2.45) is 0 Å². The Morgan fingerprint density at radius 1 is 1.13 bits per heavy atom. The fourth-order valence-electron chi connectivity index (χ4n) is 2.87. The normalized spacial score (nSPS) is 12.6. The molecule has 0 radical (unpaired) electrons. The Hall–Kier alpha value is -2.39. The molecular formula is C21H26N2O5S2. The van der Waals surface area contributed by atoms with Crippen LogP contribution in [0.25, 0.3) is 0 Å². The summed E-state index contributed by atoms with van der Waals surface area (Å²) in [6.45, 7) is 3.89. The van der Waals surface area contributed by atoms with Crippen molar-refractivity contribution < 1.29 is 22.7 Å². The van der Waals surface area contributed by atoms with Crippen LogP contribution in [0.3, 0.4) is 0 Å². The standard InChI is InChI=1S/C21H26N2O5S2/c1-3-30(25,26)23(18-8-9-19-20(12-18)28-15-27-19)13-21(24)22-10-11-29-14-17-6-4-16(2)5-7-17/h4-9,12H,3,10-11,13-15H2,1-2H3,(H,22,24). The predicted molar refractivity (Wildman–Crippen MR) is 120 cm³/mol. The molecule has 3 rings (SSSR count). The molecule has 2 aromatic rings. The van der Waals surface area contributed by atoms with Crippen molar-refractivity contribution in [1.29, 1.82) is 0 Å². The van der Waals surface area contributed by atoms with Gasteiger partial charge in [0.25, 0.3) is 0 Å². The monoisotopic (exact) mass is 450 g/mol. The van der Waals surface area contributed by atoms with Gasteiger partial charge in [-0.25, -0.2) is 8.42 Å². The van der Waals surface area contributed by atoms with Gasteiger partial charge in [0.15, 0.2) is 11.5 Å². The van der Waals surface area contributed by atoms with Gasteiger partial charge in [-0.1, -0.05) is 29.8 Å². The van der Waals surface area contributed by atoms with Crippen LogP contribution < -0.4 is 19.1 Å². The molecule has 0 atom stereocenters. The van der Waals surface area contributed by atoms with Gasteiger partial charge < -0.3 is 14.8 Å². The number of thioether (sulfide) groups is 1. The third kappa shape index (κ3) is 5.82. The number of carbonyl (C=O) groups excluding carboxylic acids is 1. The topological polar surface area (TPSA) is 84.9 Å². The second-order valence-electron chi connectivity index (χ2n) is 6.83. The molecule has 0 saturated carbocycles. The molecule has 162 valence electrons. The van der Waals surface area contributed by atoms with E-state index >= 15 is 0 Å². The highest BCUT2D eigenvalue weighted by atomic mass is 32.2. The van der Waals surface area contributed by atoms with Crippen LogP contribution in [-0.4, -0.2) is 45.7 Å². The first kappa shape index (κ1) is 22.3. The van der Waals surface area contributed by atoms with Crippen LogP contribution in [-0.2, 0) is 20.6 Å². The van der Waals surface area contributed by atoms with Gasteiger partial charge in [-0.2, -0.15) is 11.8 Å². The first-order chi connectivity index (χ1) is 14.4. The summed E-state index contributed by atoms with van der Waals surface area (Å²) in [6, 6.07) is 13.2. The maximum Gasteiger partial charge on any atom is 0.240 e. The zero-order valence-electron chi connectivity index (χ0n) is 17.1. The summed E-state index contributed by atoms with van der Waals surface area (Å²) in [5.74, 6) is 2.18. The Morgan fingerprint density at radius 2 is 1.87 bits per heavy atom. The maximum atomic E-state index is 12.6. The number of carbonyl (C=O) groups is 1. The zero-order valence-corrected chi connectivity index (χ0v) is 18.7. The lowest BCUT2D eigenvalue weighted by atomic mass is 10.2. The van der Waals surface area contributed by atoms with Crippen LogP contribution in [0.1, 0.15) is 18.1 Å². The third-order valence-electron chi connectivity index (χ3n) is 4.59. The second-order valence-corrected chi connectivity index (χ2v) is 10.1.